The van der Waals surface area contributed by atoms with Gasteiger partial charge in [-0.3, -0.25) is 9.59 Å². The van der Waals surface area contributed by atoms with Gasteiger partial charge in [-0.05, 0) is 39.0 Å². The number of unbranched alkanes of at least 4 members (excludes halogenated alkanes) is 3. The molecule has 0 bridgehead atoms. The second kappa shape index (κ2) is 7.17. The Hall–Kier alpha value is -1.24. The van der Waals surface area contributed by atoms with Crippen LogP contribution in [-0.4, -0.2) is 52.0 Å². The molecule has 1 unspecified atom stereocenters. The summed E-state index contributed by atoms with van der Waals surface area (Å²) < 4.78 is 11.5. The first kappa shape index (κ1) is 18.5. The molecule has 3 aliphatic rings. The lowest BCUT2D eigenvalue weighted by Crippen LogP contribution is -2.52. The molecule has 0 amide bonds. The highest BCUT2D eigenvalue weighted by Crippen LogP contribution is 2.58. The van der Waals surface area contributed by atoms with E-state index in [0.29, 0.717) is 19.4 Å². The van der Waals surface area contributed by atoms with Crippen molar-refractivity contribution < 1.29 is 29.3 Å². The van der Waals surface area contributed by atoms with Crippen molar-refractivity contribution in [1.82, 2.24) is 0 Å². The number of carbonyl (C=O) groups excluding carboxylic acids is 1. The first-order valence-corrected chi connectivity index (χ1v) is 9.28. The normalized spacial score (nSPS) is 39.9. The number of epoxide rings is 2. The number of aliphatic hydroxyl groups is 1. The molecule has 0 radical (unpaired) electrons. The minimum Gasteiger partial charge on any atom is -0.481 e. The maximum atomic E-state index is 11.9. The molecule has 1 spiro atoms. The monoisotopic (exact) mass is 352 g/mol. The number of hydrogen-bond acceptors (Lipinski definition) is 5. The third-order valence-electron chi connectivity index (χ3n) is 5.90. The van der Waals surface area contributed by atoms with Crippen LogP contribution in [0.4, 0.5) is 0 Å². The average Bonchev–Trinajstić information content (AvgIpc) is 3.45. The fraction of sp³-hybridized carbons (Fsp3) is 0.789. The zero-order chi connectivity index (χ0) is 18.1. The molecule has 140 valence electrons. The predicted octanol–water partition coefficient (Wildman–Crippen LogP) is 2.23. The van der Waals surface area contributed by atoms with Gasteiger partial charge in [0.05, 0.1) is 18.6 Å². The zero-order valence-electron chi connectivity index (χ0n) is 14.8. The van der Waals surface area contributed by atoms with Crippen LogP contribution in [0.25, 0.3) is 0 Å². The molecule has 2 N–H and O–H groups in total. The van der Waals surface area contributed by atoms with Crippen molar-refractivity contribution in [3.63, 3.8) is 0 Å². The second-order valence-corrected chi connectivity index (χ2v) is 7.73. The summed E-state index contributed by atoms with van der Waals surface area (Å²) >= 11 is 0. The fourth-order valence-electron chi connectivity index (χ4n) is 4.25. The van der Waals surface area contributed by atoms with Crippen LogP contribution < -0.4 is 0 Å². The van der Waals surface area contributed by atoms with Crippen LogP contribution in [0.5, 0.6) is 0 Å². The number of hydrogen-bond donors (Lipinski definition) is 2. The average molecular weight is 352 g/mol. The van der Waals surface area contributed by atoms with Crippen molar-refractivity contribution in [1.29, 1.82) is 0 Å². The summed E-state index contributed by atoms with van der Waals surface area (Å²) in [5.41, 5.74) is -0.845. The van der Waals surface area contributed by atoms with E-state index in [0.717, 1.165) is 32.1 Å². The lowest BCUT2D eigenvalue weighted by molar-refractivity contribution is -0.139. The lowest BCUT2D eigenvalue weighted by atomic mass is 9.69. The molecule has 0 aromatic carbocycles. The topological polar surface area (TPSA) is 99.7 Å². The number of carboxylic acid groups (broad SMARTS) is 1. The maximum Gasteiger partial charge on any atom is 0.303 e. The van der Waals surface area contributed by atoms with E-state index in [4.69, 9.17) is 14.6 Å². The number of Topliss-reactive ketones (excluding diaryl/α,β-unsaturated/α-hetero) is 1. The smallest absolute Gasteiger partial charge is 0.303 e. The van der Waals surface area contributed by atoms with E-state index in [2.05, 4.69) is 12.2 Å². The summed E-state index contributed by atoms with van der Waals surface area (Å²) in [5.74, 6) is -1.10. The second-order valence-electron chi connectivity index (χ2n) is 7.73. The Kier molecular flexibility index (Phi) is 5.32. The van der Waals surface area contributed by atoms with E-state index in [1.54, 1.807) is 0 Å². The van der Waals surface area contributed by atoms with E-state index in [9.17, 15) is 14.7 Å². The van der Waals surface area contributed by atoms with Gasteiger partial charge in [0.15, 0.2) is 5.78 Å². The number of aliphatic carboxylic acids is 1. The van der Waals surface area contributed by atoms with Crippen LogP contribution in [0.1, 0.15) is 58.3 Å². The highest BCUT2D eigenvalue weighted by Gasteiger charge is 2.71. The molecule has 1 aliphatic carbocycles. The van der Waals surface area contributed by atoms with Gasteiger partial charge in [0.2, 0.25) is 0 Å². The van der Waals surface area contributed by atoms with Crippen molar-refractivity contribution in [2.45, 2.75) is 81.7 Å². The van der Waals surface area contributed by atoms with Gasteiger partial charge in [-0.15, -0.1) is 0 Å². The van der Waals surface area contributed by atoms with Gasteiger partial charge < -0.3 is 19.7 Å². The molecule has 1 saturated carbocycles. The summed E-state index contributed by atoms with van der Waals surface area (Å²) in [7, 11) is 0. The van der Waals surface area contributed by atoms with Crippen LogP contribution in [-0.2, 0) is 19.1 Å². The van der Waals surface area contributed by atoms with Gasteiger partial charge >= 0.3 is 5.97 Å². The Balaban J connectivity index is 1.41. The van der Waals surface area contributed by atoms with E-state index in [1.807, 2.05) is 6.92 Å². The number of ketones is 1. The van der Waals surface area contributed by atoms with Gasteiger partial charge in [0.25, 0.3) is 0 Å². The number of ether oxygens (including phenoxy) is 2. The molecule has 6 nitrogen and oxygen atoms in total. The predicted molar refractivity (Wildman–Crippen MR) is 90.2 cm³/mol. The van der Waals surface area contributed by atoms with Crippen LogP contribution in [0.2, 0.25) is 0 Å². The molecule has 2 aliphatic heterocycles. The van der Waals surface area contributed by atoms with Gasteiger partial charge in [0, 0.05) is 12.8 Å². The van der Waals surface area contributed by atoms with Crippen LogP contribution >= 0.6 is 0 Å². The van der Waals surface area contributed by atoms with Gasteiger partial charge in [0.1, 0.15) is 17.3 Å². The number of aliphatic hydroxyl groups excluding tert-OH is 1. The molecule has 2 heterocycles. The van der Waals surface area contributed by atoms with Gasteiger partial charge in [-0.1, -0.05) is 18.6 Å². The Bertz CT molecular complexity index is 552. The van der Waals surface area contributed by atoms with Crippen molar-refractivity contribution in [2.24, 2.45) is 5.92 Å². The SMILES string of the molecule is CC1([C@H]2[C@H](O)C(=O)CC[C@]23CO3)O[C@@H]1C/C=C/CCCCCC(=O)O. The Labute approximate surface area is 148 Å². The summed E-state index contributed by atoms with van der Waals surface area (Å²) in [6.45, 7) is 2.59. The molecular weight excluding hydrogens is 324 g/mol. The highest BCUT2D eigenvalue weighted by atomic mass is 16.6. The molecule has 0 aromatic heterocycles. The fourth-order valence-corrected chi connectivity index (χ4v) is 4.25. The molecule has 6 heteroatoms. The lowest BCUT2D eigenvalue weighted by Gasteiger charge is -2.35. The summed E-state index contributed by atoms with van der Waals surface area (Å²) in [4.78, 5) is 22.3. The summed E-state index contributed by atoms with van der Waals surface area (Å²) in [5, 5.41) is 18.9. The highest BCUT2D eigenvalue weighted by molar-refractivity contribution is 5.85. The molecule has 5 atom stereocenters. The summed E-state index contributed by atoms with van der Waals surface area (Å²) in [6, 6.07) is 0. The molecule has 3 fully saturated rings. The van der Waals surface area contributed by atoms with Crippen LogP contribution in [0.3, 0.4) is 0 Å². The molecule has 3 rings (SSSR count). The Morgan fingerprint density at radius 3 is 2.76 bits per heavy atom. The van der Waals surface area contributed by atoms with Crippen molar-refractivity contribution in [3.8, 4) is 0 Å². The molecule has 0 aromatic rings. The number of rotatable bonds is 9. The standard InChI is InChI=1S/C19H28O6/c1-18(17-16(23)13(20)10-11-19(17)12-24-19)14(25-18)8-6-4-2-3-5-7-9-15(21)22/h4,6,14,16-17,23H,2-3,5,7-12H2,1H3,(H,21,22)/b6-4+/t14-,16-,17-,18?,19+/m1/s1. The number of carboxylic acids is 1. The maximum absolute atomic E-state index is 11.9. The largest absolute Gasteiger partial charge is 0.481 e. The van der Waals surface area contributed by atoms with Crippen molar-refractivity contribution in [3.05, 3.63) is 12.2 Å². The Morgan fingerprint density at radius 1 is 1.32 bits per heavy atom. The summed E-state index contributed by atoms with van der Waals surface area (Å²) in [6.07, 6.45) is 8.87. The molecular formula is C19H28O6. The van der Waals surface area contributed by atoms with Crippen LogP contribution in [0, 0.1) is 5.92 Å². The first-order chi connectivity index (χ1) is 11.9. The van der Waals surface area contributed by atoms with Crippen LogP contribution in [0.15, 0.2) is 12.2 Å². The van der Waals surface area contributed by atoms with E-state index in [1.165, 1.54) is 0 Å². The minimum absolute atomic E-state index is 0.0161. The first-order valence-electron chi connectivity index (χ1n) is 9.28. The van der Waals surface area contributed by atoms with E-state index >= 15 is 0 Å². The van der Waals surface area contributed by atoms with Crippen molar-refractivity contribution >= 4 is 11.8 Å². The molecule has 2 saturated heterocycles. The van der Waals surface area contributed by atoms with E-state index < -0.39 is 17.7 Å². The number of carbonyl (C=O) groups is 2. The van der Waals surface area contributed by atoms with Gasteiger partial charge in [-0.2, -0.15) is 0 Å². The third kappa shape index (κ3) is 3.96. The third-order valence-corrected chi connectivity index (χ3v) is 5.90. The van der Waals surface area contributed by atoms with E-state index in [-0.39, 0.29) is 29.8 Å². The minimum atomic E-state index is -0.982. The number of allylic oxidation sites excluding steroid dienone is 1. The van der Waals surface area contributed by atoms with Gasteiger partial charge in [-0.25, -0.2) is 0 Å². The Morgan fingerprint density at radius 2 is 2.08 bits per heavy atom. The molecule has 25 heavy (non-hydrogen) atoms. The van der Waals surface area contributed by atoms with Crippen molar-refractivity contribution in [2.75, 3.05) is 6.61 Å². The quantitative estimate of drug-likeness (QED) is 0.375. The zero-order valence-corrected chi connectivity index (χ0v) is 14.8.